The molecule has 0 unspecified atom stereocenters. The van der Waals surface area contributed by atoms with Crippen LogP contribution in [0.2, 0.25) is 0 Å². The number of aromatic nitrogens is 6. The van der Waals surface area contributed by atoms with Gasteiger partial charge in [0.1, 0.15) is 18.0 Å². The molecule has 8 nitrogen and oxygen atoms in total. The van der Waals surface area contributed by atoms with Gasteiger partial charge < -0.3 is 10.2 Å². The van der Waals surface area contributed by atoms with E-state index in [1.54, 1.807) is 10.8 Å². The number of nitrogens with one attached hydrogen (secondary N) is 1. The first-order chi connectivity index (χ1) is 11.7. The predicted octanol–water partition coefficient (Wildman–Crippen LogP) is 1.47. The molecule has 0 atom stereocenters. The molecule has 0 saturated carbocycles. The van der Waals surface area contributed by atoms with Crippen molar-refractivity contribution in [2.45, 2.75) is 32.2 Å². The Bertz CT molecular complexity index is 870. The van der Waals surface area contributed by atoms with E-state index < -0.39 is 0 Å². The molecular formula is C16H20N8. The van der Waals surface area contributed by atoms with Gasteiger partial charge in [0.25, 0.3) is 0 Å². The van der Waals surface area contributed by atoms with Crippen molar-refractivity contribution < 1.29 is 0 Å². The Balaban J connectivity index is 1.60. The van der Waals surface area contributed by atoms with E-state index in [2.05, 4.69) is 30.6 Å². The van der Waals surface area contributed by atoms with E-state index in [0.717, 1.165) is 41.6 Å². The van der Waals surface area contributed by atoms with Gasteiger partial charge in [0.05, 0.1) is 6.54 Å². The zero-order chi connectivity index (χ0) is 16.5. The smallest absolute Gasteiger partial charge is 0.178 e. The number of anilines is 2. The van der Waals surface area contributed by atoms with Gasteiger partial charge in [-0.05, 0) is 37.8 Å². The minimum absolute atomic E-state index is 0.522. The maximum atomic E-state index is 4.58. The maximum absolute atomic E-state index is 4.58. The van der Waals surface area contributed by atoms with Crippen molar-refractivity contribution in [3.05, 3.63) is 35.5 Å². The highest BCUT2D eigenvalue weighted by Gasteiger charge is 2.16. The molecular weight excluding hydrogens is 304 g/mol. The Morgan fingerprint density at radius 3 is 2.88 bits per heavy atom. The highest BCUT2D eigenvalue weighted by atomic mass is 15.4. The predicted molar refractivity (Wildman–Crippen MR) is 91.1 cm³/mol. The fourth-order valence-corrected chi connectivity index (χ4v) is 3.01. The van der Waals surface area contributed by atoms with Gasteiger partial charge in [-0.2, -0.15) is 4.52 Å². The van der Waals surface area contributed by atoms with Crippen LogP contribution in [-0.4, -0.2) is 43.9 Å². The molecule has 0 spiro atoms. The summed E-state index contributed by atoms with van der Waals surface area (Å²) >= 11 is 0. The summed E-state index contributed by atoms with van der Waals surface area (Å²) in [5.41, 5.74) is 3.14. The Morgan fingerprint density at radius 2 is 2.00 bits per heavy atom. The fourth-order valence-electron chi connectivity index (χ4n) is 3.01. The van der Waals surface area contributed by atoms with Crippen molar-refractivity contribution in [1.29, 1.82) is 0 Å². The van der Waals surface area contributed by atoms with E-state index in [1.807, 2.05) is 31.1 Å². The van der Waals surface area contributed by atoms with Crippen LogP contribution in [0.1, 0.15) is 29.9 Å². The molecule has 3 aromatic rings. The Morgan fingerprint density at radius 1 is 1.12 bits per heavy atom. The average molecular weight is 324 g/mol. The summed E-state index contributed by atoms with van der Waals surface area (Å²) in [5, 5.41) is 16.4. The van der Waals surface area contributed by atoms with Crippen LogP contribution in [0.25, 0.3) is 5.65 Å². The molecule has 124 valence electrons. The van der Waals surface area contributed by atoms with Gasteiger partial charge in [0.2, 0.25) is 0 Å². The van der Waals surface area contributed by atoms with E-state index in [1.165, 1.54) is 18.4 Å². The second-order valence-corrected chi connectivity index (χ2v) is 6.18. The summed E-state index contributed by atoms with van der Waals surface area (Å²) in [6.07, 6.45) is 6.10. The van der Waals surface area contributed by atoms with Crippen molar-refractivity contribution in [3.63, 3.8) is 0 Å². The standard InChI is InChI=1S/C16H20N8/c1-23(2)14-8-7-13-20-21-15(24(13)22-14)9-17-16-11-5-3-4-6-12(11)18-10-19-16/h7-8,10H,3-6,9H2,1-2H3,(H,17,18,19). The molecule has 1 N–H and O–H groups in total. The van der Waals surface area contributed by atoms with E-state index in [0.29, 0.717) is 6.54 Å². The fraction of sp³-hybridized carbons (Fsp3) is 0.438. The highest BCUT2D eigenvalue weighted by molar-refractivity contribution is 5.48. The lowest BCUT2D eigenvalue weighted by Crippen LogP contribution is -2.15. The average Bonchev–Trinajstić information content (AvgIpc) is 3.02. The summed E-state index contributed by atoms with van der Waals surface area (Å²) in [4.78, 5) is 10.8. The third kappa shape index (κ3) is 2.64. The quantitative estimate of drug-likeness (QED) is 0.778. The van der Waals surface area contributed by atoms with Gasteiger partial charge in [0, 0.05) is 25.4 Å². The molecule has 24 heavy (non-hydrogen) atoms. The molecule has 1 aliphatic carbocycles. The normalized spacial score (nSPS) is 13.8. The second-order valence-electron chi connectivity index (χ2n) is 6.18. The van der Waals surface area contributed by atoms with Crippen molar-refractivity contribution in [1.82, 2.24) is 29.8 Å². The summed E-state index contributed by atoms with van der Waals surface area (Å²) in [6, 6.07) is 3.85. The van der Waals surface area contributed by atoms with Crippen LogP contribution >= 0.6 is 0 Å². The van der Waals surface area contributed by atoms with Gasteiger partial charge in [-0.15, -0.1) is 15.3 Å². The summed E-state index contributed by atoms with van der Waals surface area (Å²) in [7, 11) is 3.92. The maximum Gasteiger partial charge on any atom is 0.178 e. The highest BCUT2D eigenvalue weighted by Crippen LogP contribution is 2.24. The number of hydrogen-bond acceptors (Lipinski definition) is 7. The van der Waals surface area contributed by atoms with Crippen molar-refractivity contribution >= 4 is 17.3 Å². The van der Waals surface area contributed by atoms with Crippen molar-refractivity contribution in [3.8, 4) is 0 Å². The second kappa shape index (κ2) is 6.03. The Labute approximate surface area is 140 Å². The van der Waals surface area contributed by atoms with Gasteiger partial charge in [-0.3, -0.25) is 0 Å². The summed E-state index contributed by atoms with van der Waals surface area (Å²) in [6.45, 7) is 0.522. The minimum Gasteiger partial charge on any atom is -0.362 e. The molecule has 1 aliphatic rings. The molecule has 0 aromatic carbocycles. The molecule has 0 bridgehead atoms. The monoisotopic (exact) mass is 324 g/mol. The number of hydrogen-bond donors (Lipinski definition) is 1. The third-order valence-electron chi connectivity index (χ3n) is 4.31. The molecule has 4 rings (SSSR count). The number of rotatable bonds is 4. The zero-order valence-electron chi connectivity index (χ0n) is 13.9. The lowest BCUT2D eigenvalue weighted by atomic mass is 9.96. The number of nitrogens with zero attached hydrogens (tertiary/aromatic N) is 7. The third-order valence-corrected chi connectivity index (χ3v) is 4.31. The first kappa shape index (κ1) is 14.8. The van der Waals surface area contributed by atoms with Crippen LogP contribution in [0.3, 0.4) is 0 Å². The van der Waals surface area contributed by atoms with Gasteiger partial charge in [-0.25, -0.2) is 9.97 Å². The first-order valence-electron chi connectivity index (χ1n) is 8.17. The topological polar surface area (TPSA) is 84.1 Å². The summed E-state index contributed by atoms with van der Waals surface area (Å²) < 4.78 is 1.77. The molecule has 0 saturated heterocycles. The molecule has 0 radical (unpaired) electrons. The lowest BCUT2D eigenvalue weighted by molar-refractivity contribution is 0.662. The van der Waals surface area contributed by atoms with Crippen molar-refractivity contribution in [2.75, 3.05) is 24.3 Å². The van der Waals surface area contributed by atoms with Crippen LogP contribution in [-0.2, 0) is 19.4 Å². The number of aryl methyl sites for hydroxylation is 1. The Kier molecular flexibility index (Phi) is 3.72. The van der Waals surface area contributed by atoms with Gasteiger partial charge in [0.15, 0.2) is 11.5 Å². The van der Waals surface area contributed by atoms with Gasteiger partial charge >= 0.3 is 0 Å². The van der Waals surface area contributed by atoms with Crippen LogP contribution < -0.4 is 10.2 Å². The lowest BCUT2D eigenvalue weighted by Gasteiger charge is -2.17. The largest absolute Gasteiger partial charge is 0.362 e. The van der Waals surface area contributed by atoms with Crippen LogP contribution in [0, 0.1) is 0 Å². The molecule has 0 fully saturated rings. The Hall–Kier alpha value is -2.77. The van der Waals surface area contributed by atoms with Crippen LogP contribution in [0.15, 0.2) is 18.5 Å². The van der Waals surface area contributed by atoms with E-state index in [-0.39, 0.29) is 0 Å². The molecule has 0 aliphatic heterocycles. The minimum atomic E-state index is 0.522. The van der Waals surface area contributed by atoms with E-state index in [9.17, 15) is 0 Å². The van der Waals surface area contributed by atoms with E-state index in [4.69, 9.17) is 0 Å². The molecule has 0 amide bonds. The SMILES string of the molecule is CN(C)c1ccc2nnc(CNc3ncnc4c3CCCC4)n2n1. The van der Waals surface area contributed by atoms with Crippen LogP contribution in [0.4, 0.5) is 11.6 Å². The number of fused-ring (bicyclic) bond motifs is 2. The van der Waals surface area contributed by atoms with Gasteiger partial charge in [-0.1, -0.05) is 0 Å². The van der Waals surface area contributed by atoms with Crippen LogP contribution in [0.5, 0.6) is 0 Å². The molecule has 3 aromatic heterocycles. The van der Waals surface area contributed by atoms with E-state index >= 15 is 0 Å². The first-order valence-corrected chi connectivity index (χ1v) is 8.17. The molecule has 3 heterocycles. The van der Waals surface area contributed by atoms with Crippen molar-refractivity contribution in [2.24, 2.45) is 0 Å². The molecule has 8 heteroatoms. The summed E-state index contributed by atoms with van der Waals surface area (Å²) in [5.74, 6) is 2.53. The zero-order valence-corrected chi connectivity index (χ0v) is 13.9.